The molecule has 2 aromatic heterocycles. The van der Waals surface area contributed by atoms with E-state index in [0.717, 1.165) is 22.7 Å². The summed E-state index contributed by atoms with van der Waals surface area (Å²) in [6.07, 6.45) is 1.11. The lowest BCUT2D eigenvalue weighted by Crippen LogP contribution is -2.50. The average Bonchev–Trinajstić information content (AvgIpc) is 3.03. The molecule has 1 saturated heterocycles. The predicted octanol–water partition coefficient (Wildman–Crippen LogP) is 3.57. The van der Waals surface area contributed by atoms with E-state index in [4.69, 9.17) is 22.3 Å². The second kappa shape index (κ2) is 6.85. The highest BCUT2D eigenvalue weighted by atomic mass is 35.5. The number of alkyl halides is 1. The summed E-state index contributed by atoms with van der Waals surface area (Å²) in [6, 6.07) is 11.2. The van der Waals surface area contributed by atoms with Gasteiger partial charge in [0, 0.05) is 19.3 Å². The van der Waals surface area contributed by atoms with Crippen molar-refractivity contribution in [1.29, 1.82) is 0 Å². The molecule has 1 aromatic carbocycles. The minimum Gasteiger partial charge on any atom is -0.340 e. The number of piperidine rings is 1. The number of hydrogen-bond donors (Lipinski definition) is 1. The maximum atomic E-state index is 13.8. The second-order valence-electron chi connectivity index (χ2n) is 6.76. The SMILES string of the molecule is C[C@@H](c1ccc(Cl)cn1)n1c(N2CCC(F)C(N)C2)nc2ccccc21. The third kappa shape index (κ3) is 3.04. The van der Waals surface area contributed by atoms with Gasteiger partial charge in [0.25, 0.3) is 0 Å². The van der Waals surface area contributed by atoms with Gasteiger partial charge in [0.1, 0.15) is 6.17 Å². The van der Waals surface area contributed by atoms with Crippen molar-refractivity contribution in [2.45, 2.75) is 31.6 Å². The highest BCUT2D eigenvalue weighted by Gasteiger charge is 2.30. The van der Waals surface area contributed by atoms with E-state index < -0.39 is 12.2 Å². The van der Waals surface area contributed by atoms with Crippen molar-refractivity contribution in [3.63, 3.8) is 0 Å². The zero-order valence-electron chi connectivity index (χ0n) is 14.5. The number of halogens is 2. The molecule has 26 heavy (non-hydrogen) atoms. The summed E-state index contributed by atoms with van der Waals surface area (Å²) in [5.74, 6) is 0.804. The number of para-hydroxylation sites is 2. The fourth-order valence-electron chi connectivity index (χ4n) is 3.54. The van der Waals surface area contributed by atoms with E-state index >= 15 is 0 Å². The van der Waals surface area contributed by atoms with Crippen LogP contribution in [0.2, 0.25) is 5.02 Å². The minimum absolute atomic E-state index is 0.0472. The Hall–Kier alpha value is -2.18. The predicted molar refractivity (Wildman–Crippen MR) is 102 cm³/mol. The Morgan fingerprint density at radius 1 is 1.27 bits per heavy atom. The lowest BCUT2D eigenvalue weighted by molar-refractivity contribution is 0.243. The van der Waals surface area contributed by atoms with Crippen molar-refractivity contribution in [1.82, 2.24) is 14.5 Å². The summed E-state index contributed by atoms with van der Waals surface area (Å²) in [6.45, 7) is 3.12. The van der Waals surface area contributed by atoms with Crippen LogP contribution in [0.4, 0.5) is 10.3 Å². The topological polar surface area (TPSA) is 60.0 Å². The first kappa shape index (κ1) is 17.2. The highest BCUT2D eigenvalue weighted by molar-refractivity contribution is 6.30. The molecule has 2 unspecified atom stereocenters. The standard InChI is InChI=1S/C19H21ClFN5/c1-12(16-7-6-13(20)10-23-16)26-18-5-3-2-4-17(18)24-19(26)25-9-8-14(21)15(22)11-25/h2-7,10,12,14-15H,8-9,11,22H2,1H3/t12-,14?,15?/m0/s1. The maximum Gasteiger partial charge on any atom is 0.207 e. The van der Waals surface area contributed by atoms with Crippen molar-refractivity contribution >= 4 is 28.6 Å². The van der Waals surface area contributed by atoms with Crippen LogP contribution in [0.15, 0.2) is 42.6 Å². The largest absolute Gasteiger partial charge is 0.340 e. The van der Waals surface area contributed by atoms with Gasteiger partial charge in [0.2, 0.25) is 5.95 Å². The van der Waals surface area contributed by atoms with Gasteiger partial charge in [0.15, 0.2) is 0 Å². The van der Waals surface area contributed by atoms with Gasteiger partial charge in [-0.3, -0.25) is 4.98 Å². The minimum atomic E-state index is -0.959. The van der Waals surface area contributed by atoms with E-state index in [-0.39, 0.29) is 6.04 Å². The zero-order chi connectivity index (χ0) is 18.3. The number of pyridine rings is 1. The van der Waals surface area contributed by atoms with Crippen LogP contribution in [0.3, 0.4) is 0 Å². The van der Waals surface area contributed by atoms with Crippen LogP contribution in [0.25, 0.3) is 11.0 Å². The van der Waals surface area contributed by atoms with Crippen molar-refractivity contribution < 1.29 is 4.39 Å². The third-order valence-corrected chi connectivity index (χ3v) is 5.22. The van der Waals surface area contributed by atoms with Gasteiger partial charge in [-0.25, -0.2) is 9.37 Å². The number of anilines is 1. The van der Waals surface area contributed by atoms with Crippen LogP contribution in [0.5, 0.6) is 0 Å². The van der Waals surface area contributed by atoms with Crippen LogP contribution >= 0.6 is 11.6 Å². The van der Waals surface area contributed by atoms with Gasteiger partial charge in [-0.1, -0.05) is 23.7 Å². The van der Waals surface area contributed by atoms with Gasteiger partial charge in [0.05, 0.1) is 33.8 Å². The normalized spacial score (nSPS) is 21.9. The van der Waals surface area contributed by atoms with Crippen LogP contribution < -0.4 is 10.6 Å². The Bertz CT molecular complexity index is 910. The van der Waals surface area contributed by atoms with Gasteiger partial charge in [-0.15, -0.1) is 0 Å². The van der Waals surface area contributed by atoms with Crippen LogP contribution in [-0.2, 0) is 0 Å². The summed E-state index contributed by atoms with van der Waals surface area (Å²) >= 11 is 5.98. The van der Waals surface area contributed by atoms with Crippen LogP contribution in [0.1, 0.15) is 25.1 Å². The number of fused-ring (bicyclic) bond motifs is 1. The van der Waals surface area contributed by atoms with Crippen molar-refractivity contribution in [3.05, 3.63) is 53.3 Å². The number of rotatable bonds is 3. The molecule has 2 N–H and O–H groups in total. The molecule has 5 nitrogen and oxygen atoms in total. The number of hydrogen-bond acceptors (Lipinski definition) is 4. The first-order valence-corrected chi connectivity index (χ1v) is 9.15. The van der Waals surface area contributed by atoms with Crippen molar-refractivity contribution in [2.75, 3.05) is 18.0 Å². The monoisotopic (exact) mass is 373 g/mol. The fourth-order valence-corrected chi connectivity index (χ4v) is 3.65. The van der Waals surface area contributed by atoms with Crippen molar-refractivity contribution in [2.24, 2.45) is 5.73 Å². The number of nitrogens with zero attached hydrogens (tertiary/aromatic N) is 4. The molecule has 3 atom stereocenters. The van der Waals surface area contributed by atoms with Gasteiger partial charge in [-0.05, 0) is 37.6 Å². The Balaban J connectivity index is 1.80. The molecule has 1 fully saturated rings. The van der Waals surface area contributed by atoms with Crippen molar-refractivity contribution in [3.8, 4) is 0 Å². The number of aromatic nitrogens is 3. The van der Waals surface area contributed by atoms with Crippen LogP contribution in [0, 0.1) is 0 Å². The van der Waals surface area contributed by atoms with Gasteiger partial charge < -0.3 is 15.2 Å². The summed E-state index contributed by atoms with van der Waals surface area (Å²) < 4.78 is 16.0. The first-order chi connectivity index (χ1) is 12.5. The Kier molecular flexibility index (Phi) is 4.54. The molecule has 1 aliphatic rings. The molecule has 0 radical (unpaired) electrons. The van der Waals surface area contributed by atoms with E-state index in [1.807, 2.05) is 36.4 Å². The lowest BCUT2D eigenvalue weighted by Gasteiger charge is -2.34. The molecule has 0 aliphatic carbocycles. The number of imidazole rings is 1. The summed E-state index contributed by atoms with van der Waals surface area (Å²) in [7, 11) is 0. The zero-order valence-corrected chi connectivity index (χ0v) is 15.3. The summed E-state index contributed by atoms with van der Waals surface area (Å²) in [4.78, 5) is 11.4. The average molecular weight is 374 g/mol. The molecule has 136 valence electrons. The molecule has 0 saturated carbocycles. The number of benzene rings is 1. The Morgan fingerprint density at radius 2 is 2.08 bits per heavy atom. The van der Waals surface area contributed by atoms with Crippen LogP contribution in [-0.4, -0.2) is 39.8 Å². The quantitative estimate of drug-likeness (QED) is 0.762. The van der Waals surface area contributed by atoms with E-state index in [0.29, 0.717) is 24.5 Å². The molecule has 4 rings (SSSR count). The Labute approximate surface area is 156 Å². The molecular weight excluding hydrogens is 353 g/mol. The number of nitrogens with two attached hydrogens (primary N) is 1. The smallest absolute Gasteiger partial charge is 0.207 e. The summed E-state index contributed by atoms with van der Waals surface area (Å²) in [5.41, 5.74) is 8.78. The Morgan fingerprint density at radius 3 is 2.81 bits per heavy atom. The highest BCUT2D eigenvalue weighted by Crippen LogP contribution is 2.31. The molecule has 7 heteroatoms. The summed E-state index contributed by atoms with van der Waals surface area (Å²) in [5, 5.41) is 0.604. The molecule has 0 spiro atoms. The molecule has 0 bridgehead atoms. The molecular formula is C19H21ClFN5. The molecule has 1 aliphatic heterocycles. The molecule has 0 amide bonds. The van der Waals surface area contributed by atoms with Gasteiger partial charge >= 0.3 is 0 Å². The van der Waals surface area contributed by atoms with Gasteiger partial charge in [-0.2, -0.15) is 0 Å². The third-order valence-electron chi connectivity index (χ3n) is 5.00. The lowest BCUT2D eigenvalue weighted by atomic mass is 10.1. The maximum absolute atomic E-state index is 13.8. The first-order valence-electron chi connectivity index (χ1n) is 8.77. The van der Waals surface area contributed by atoms with E-state index in [2.05, 4.69) is 21.4 Å². The van der Waals surface area contributed by atoms with E-state index in [9.17, 15) is 4.39 Å². The fraction of sp³-hybridized carbons (Fsp3) is 0.368. The van der Waals surface area contributed by atoms with E-state index in [1.54, 1.807) is 6.20 Å². The van der Waals surface area contributed by atoms with E-state index in [1.165, 1.54) is 0 Å². The second-order valence-corrected chi connectivity index (χ2v) is 7.20. The molecule has 3 aromatic rings. The molecule has 3 heterocycles.